The summed E-state index contributed by atoms with van der Waals surface area (Å²) in [6.07, 6.45) is 0.103. The number of hydrogen-bond donors (Lipinski definition) is 1. The Morgan fingerprint density at radius 3 is 2.52 bits per heavy atom. The quantitative estimate of drug-likeness (QED) is 0.410. The minimum atomic E-state index is -3.89. The number of ether oxygens (including phenoxy) is 1. The largest absolute Gasteiger partial charge is 0.468 e. The van der Waals surface area contributed by atoms with Gasteiger partial charge in [0.25, 0.3) is 5.91 Å². The van der Waals surface area contributed by atoms with Crippen LogP contribution in [-0.4, -0.2) is 37.7 Å². The molecule has 0 bridgehead atoms. The zero-order chi connectivity index (χ0) is 22.6. The number of nitrogens with two attached hydrogens (primary N) is 1. The summed E-state index contributed by atoms with van der Waals surface area (Å²) in [6.45, 7) is 1.90. The zero-order valence-electron chi connectivity index (χ0n) is 16.9. The number of aromatic nitrogens is 1. The van der Waals surface area contributed by atoms with Gasteiger partial charge in [0.15, 0.2) is 4.80 Å². The molecule has 8 nitrogen and oxygen atoms in total. The second-order valence-corrected chi connectivity index (χ2v) is 10.4. The number of carbonyl (C=O) groups excluding carboxylic acids is 2. The minimum absolute atomic E-state index is 0.0608. The highest BCUT2D eigenvalue weighted by atomic mass is 32.2. The van der Waals surface area contributed by atoms with E-state index < -0.39 is 16.0 Å². The number of primary sulfonamides is 1. The summed E-state index contributed by atoms with van der Waals surface area (Å²) in [7, 11) is -2.63. The van der Waals surface area contributed by atoms with Gasteiger partial charge in [-0.05, 0) is 41.6 Å². The third-order valence-electron chi connectivity index (χ3n) is 4.31. The molecule has 0 aliphatic rings. The maximum Gasteiger partial charge on any atom is 0.325 e. The van der Waals surface area contributed by atoms with Crippen LogP contribution < -0.4 is 9.94 Å². The highest BCUT2D eigenvalue weighted by Gasteiger charge is 2.15. The molecule has 2 aromatic carbocycles. The lowest BCUT2D eigenvalue weighted by atomic mass is 10.1. The Bertz CT molecular complexity index is 1290. The van der Waals surface area contributed by atoms with E-state index in [-0.39, 0.29) is 28.6 Å². The topological polar surface area (TPSA) is 121 Å². The summed E-state index contributed by atoms with van der Waals surface area (Å²) in [4.78, 5) is 30.0. The van der Waals surface area contributed by atoms with Crippen LogP contribution in [0.25, 0.3) is 10.2 Å². The van der Waals surface area contributed by atoms with Crippen LogP contribution >= 0.6 is 23.1 Å². The molecule has 31 heavy (non-hydrogen) atoms. The van der Waals surface area contributed by atoms with Crippen molar-refractivity contribution in [3.8, 4) is 0 Å². The van der Waals surface area contributed by atoms with Gasteiger partial charge in [-0.3, -0.25) is 9.59 Å². The monoisotopic (exact) mass is 479 g/mol. The summed E-state index contributed by atoms with van der Waals surface area (Å²) >= 11 is 2.81. The highest BCUT2D eigenvalue weighted by molar-refractivity contribution is 7.99. The van der Waals surface area contributed by atoms with Crippen molar-refractivity contribution < 1.29 is 22.7 Å². The predicted molar refractivity (Wildman–Crippen MR) is 120 cm³/mol. The summed E-state index contributed by atoms with van der Waals surface area (Å²) in [6, 6.07) is 12.0. The molecular weight excluding hydrogens is 458 g/mol. The molecule has 0 unspecified atom stereocenters. The first-order valence-corrected chi connectivity index (χ1v) is 12.6. The van der Waals surface area contributed by atoms with Gasteiger partial charge in [-0.25, -0.2) is 13.6 Å². The molecule has 0 radical (unpaired) electrons. The molecule has 164 valence electrons. The molecule has 0 saturated carbocycles. The fourth-order valence-electron chi connectivity index (χ4n) is 2.85. The molecule has 0 atom stereocenters. The molecule has 0 saturated heterocycles. The fourth-order valence-corrected chi connectivity index (χ4v) is 5.22. The number of sulfonamides is 1. The number of amides is 1. The first-order chi connectivity index (χ1) is 14.7. The molecule has 0 aliphatic heterocycles. The van der Waals surface area contributed by atoms with E-state index in [4.69, 9.17) is 9.88 Å². The van der Waals surface area contributed by atoms with Crippen LogP contribution in [0.1, 0.15) is 12.5 Å². The van der Waals surface area contributed by atoms with Crippen molar-refractivity contribution in [1.82, 2.24) is 4.57 Å². The van der Waals surface area contributed by atoms with Crippen LogP contribution in [0.15, 0.2) is 57.2 Å². The molecule has 11 heteroatoms. The Kier molecular flexibility index (Phi) is 7.31. The zero-order valence-corrected chi connectivity index (χ0v) is 19.4. The van der Waals surface area contributed by atoms with Gasteiger partial charge in [0.05, 0.1) is 28.6 Å². The lowest BCUT2D eigenvalue weighted by Gasteiger charge is -2.04. The number of hydrogen-bond acceptors (Lipinski definition) is 7. The maximum atomic E-state index is 12.6. The third kappa shape index (κ3) is 5.82. The molecule has 3 rings (SSSR count). The summed E-state index contributed by atoms with van der Waals surface area (Å²) in [5.74, 6) is 0.0632. The van der Waals surface area contributed by atoms with Crippen LogP contribution in [0.4, 0.5) is 0 Å². The Balaban J connectivity index is 1.99. The number of methoxy groups -OCH3 is 1. The van der Waals surface area contributed by atoms with E-state index in [1.54, 1.807) is 11.8 Å². The van der Waals surface area contributed by atoms with E-state index in [1.165, 1.54) is 29.9 Å². The van der Waals surface area contributed by atoms with Gasteiger partial charge in [0, 0.05) is 4.90 Å². The minimum Gasteiger partial charge on any atom is -0.468 e. The van der Waals surface area contributed by atoms with Crippen molar-refractivity contribution in [2.24, 2.45) is 10.1 Å². The van der Waals surface area contributed by atoms with Gasteiger partial charge in [-0.1, -0.05) is 30.4 Å². The summed E-state index contributed by atoms with van der Waals surface area (Å²) < 4.78 is 30.1. The molecule has 0 fully saturated rings. The Morgan fingerprint density at radius 2 is 1.90 bits per heavy atom. The van der Waals surface area contributed by atoms with Crippen molar-refractivity contribution in [2.75, 3.05) is 12.9 Å². The number of esters is 1. The molecule has 1 aromatic heterocycles. The normalized spacial score (nSPS) is 12.3. The lowest BCUT2D eigenvalue weighted by molar-refractivity contribution is -0.141. The van der Waals surface area contributed by atoms with E-state index in [1.807, 2.05) is 24.3 Å². The second kappa shape index (κ2) is 9.77. The molecule has 0 spiro atoms. The van der Waals surface area contributed by atoms with Crippen LogP contribution in [-0.2, 0) is 37.3 Å². The Hall–Kier alpha value is -2.47. The van der Waals surface area contributed by atoms with E-state index in [9.17, 15) is 18.0 Å². The number of thioether (sulfide) groups is 1. The van der Waals surface area contributed by atoms with Gasteiger partial charge in [-0.2, -0.15) is 4.99 Å². The number of benzene rings is 2. The molecule has 1 heterocycles. The smallest absolute Gasteiger partial charge is 0.325 e. The summed E-state index contributed by atoms with van der Waals surface area (Å²) in [5, 5.41) is 5.21. The van der Waals surface area contributed by atoms with Crippen molar-refractivity contribution in [2.45, 2.75) is 29.7 Å². The van der Waals surface area contributed by atoms with Crippen molar-refractivity contribution >= 4 is 55.2 Å². The van der Waals surface area contributed by atoms with Crippen LogP contribution in [0, 0.1) is 0 Å². The standard InChI is InChI=1S/C20H21N3O5S3/c1-3-29-14-6-4-13(5-7-14)10-18(24)22-20-23(12-19(25)28-2)16-9-8-15(31(21,26)27)11-17(16)30-20/h4-9,11H,3,10,12H2,1-2H3,(H2,21,26,27). The van der Waals surface area contributed by atoms with Gasteiger partial charge < -0.3 is 9.30 Å². The van der Waals surface area contributed by atoms with Gasteiger partial charge in [0.2, 0.25) is 10.0 Å². The van der Waals surface area contributed by atoms with Gasteiger partial charge in [0.1, 0.15) is 6.54 Å². The average Bonchev–Trinajstić information content (AvgIpc) is 3.05. The Morgan fingerprint density at radius 1 is 1.19 bits per heavy atom. The number of thiazole rings is 1. The predicted octanol–water partition coefficient (Wildman–Crippen LogP) is 2.31. The maximum absolute atomic E-state index is 12.6. The van der Waals surface area contributed by atoms with E-state index in [0.29, 0.717) is 10.2 Å². The number of fused-ring (bicyclic) bond motifs is 1. The summed E-state index contributed by atoms with van der Waals surface area (Å²) in [5.41, 5.74) is 1.38. The SMILES string of the molecule is CCSc1ccc(CC(=O)N=c2sc3cc(S(N)(=O)=O)ccc3n2CC(=O)OC)cc1. The average molecular weight is 480 g/mol. The number of carbonyl (C=O) groups is 2. The highest BCUT2D eigenvalue weighted by Crippen LogP contribution is 2.22. The molecule has 3 aromatic rings. The third-order valence-corrected chi connectivity index (χ3v) is 7.15. The van der Waals surface area contributed by atoms with Gasteiger partial charge in [-0.15, -0.1) is 11.8 Å². The van der Waals surface area contributed by atoms with E-state index in [0.717, 1.165) is 27.5 Å². The number of nitrogens with zero attached hydrogens (tertiary/aromatic N) is 2. The van der Waals surface area contributed by atoms with Gasteiger partial charge >= 0.3 is 5.97 Å². The number of rotatable bonds is 7. The van der Waals surface area contributed by atoms with Crippen molar-refractivity contribution in [3.05, 3.63) is 52.8 Å². The van der Waals surface area contributed by atoms with Crippen molar-refractivity contribution in [3.63, 3.8) is 0 Å². The molecule has 0 aliphatic carbocycles. The van der Waals surface area contributed by atoms with Crippen LogP contribution in [0.2, 0.25) is 0 Å². The first kappa shape index (κ1) is 23.2. The van der Waals surface area contributed by atoms with Crippen molar-refractivity contribution in [1.29, 1.82) is 0 Å². The molecule has 1 amide bonds. The fraction of sp³-hybridized carbons (Fsp3) is 0.250. The van der Waals surface area contributed by atoms with Crippen LogP contribution in [0.3, 0.4) is 0 Å². The first-order valence-electron chi connectivity index (χ1n) is 9.23. The van der Waals surface area contributed by atoms with Crippen LogP contribution in [0.5, 0.6) is 0 Å². The lowest BCUT2D eigenvalue weighted by Crippen LogP contribution is -2.22. The second-order valence-electron chi connectivity index (χ2n) is 6.48. The van der Waals surface area contributed by atoms with E-state index in [2.05, 4.69) is 11.9 Å². The Labute approximate surface area is 187 Å². The molecule has 2 N–H and O–H groups in total. The van der Waals surface area contributed by atoms with E-state index >= 15 is 0 Å². The molecular formula is C20H21N3O5S3.